The van der Waals surface area contributed by atoms with E-state index in [1.807, 2.05) is 35.4 Å². The predicted molar refractivity (Wildman–Crippen MR) is 108 cm³/mol. The van der Waals surface area contributed by atoms with Crippen molar-refractivity contribution in [1.29, 1.82) is 0 Å². The Hall–Kier alpha value is -2.86. The van der Waals surface area contributed by atoms with Crippen molar-refractivity contribution in [1.82, 2.24) is 19.9 Å². The molecule has 0 saturated carbocycles. The highest BCUT2D eigenvalue weighted by molar-refractivity contribution is 6.33. The van der Waals surface area contributed by atoms with Crippen molar-refractivity contribution >= 4 is 34.4 Å². The van der Waals surface area contributed by atoms with Gasteiger partial charge in [-0.05, 0) is 25.0 Å². The maximum absolute atomic E-state index is 11.7. The minimum Gasteiger partial charge on any atom is -0.360 e. The fourth-order valence-electron chi connectivity index (χ4n) is 3.45. The van der Waals surface area contributed by atoms with Crippen LogP contribution in [-0.4, -0.2) is 44.9 Å². The van der Waals surface area contributed by atoms with Crippen LogP contribution in [0.4, 0.5) is 5.95 Å². The topological polar surface area (TPSA) is 73.9 Å². The van der Waals surface area contributed by atoms with E-state index in [1.54, 1.807) is 6.20 Å². The number of halogens is 1. The predicted octanol–water partition coefficient (Wildman–Crippen LogP) is 3.87. The Morgan fingerprint density at radius 3 is 2.89 bits per heavy atom. The third-order valence-electron chi connectivity index (χ3n) is 4.90. The van der Waals surface area contributed by atoms with Crippen LogP contribution < -0.4 is 5.32 Å². The maximum atomic E-state index is 11.7. The summed E-state index contributed by atoms with van der Waals surface area (Å²) >= 11 is 6.38. The van der Waals surface area contributed by atoms with Crippen LogP contribution in [0.25, 0.3) is 22.2 Å². The number of benzene rings is 1. The van der Waals surface area contributed by atoms with Crippen LogP contribution in [0.5, 0.6) is 0 Å². The molecule has 3 heterocycles. The number of nitrogens with zero attached hydrogens (tertiary/aromatic N) is 3. The Labute approximate surface area is 162 Å². The lowest BCUT2D eigenvalue weighted by Gasteiger charge is -2.31. The summed E-state index contributed by atoms with van der Waals surface area (Å²) in [6.07, 6.45) is 6.60. The number of carbonyl (C=O) groups is 1. The lowest BCUT2D eigenvalue weighted by atomic mass is 10.1. The molecule has 2 aromatic heterocycles. The summed E-state index contributed by atoms with van der Waals surface area (Å²) in [5.41, 5.74) is 2.69. The number of rotatable bonds is 4. The zero-order chi connectivity index (χ0) is 18.8. The first-order valence-corrected chi connectivity index (χ1v) is 9.30. The number of amides is 1. The average molecular weight is 382 g/mol. The summed E-state index contributed by atoms with van der Waals surface area (Å²) in [4.78, 5) is 25.7. The molecule has 0 unspecified atom stereocenters. The van der Waals surface area contributed by atoms with Gasteiger partial charge in [0.05, 0.1) is 16.9 Å². The molecular weight excluding hydrogens is 362 g/mol. The molecule has 2 N–H and O–H groups in total. The fourth-order valence-corrected chi connectivity index (χ4v) is 3.64. The molecule has 1 saturated heterocycles. The van der Waals surface area contributed by atoms with Crippen molar-refractivity contribution in [2.75, 3.05) is 18.4 Å². The first-order valence-electron chi connectivity index (χ1n) is 8.92. The molecule has 0 spiro atoms. The first-order chi connectivity index (χ1) is 13.2. The van der Waals surface area contributed by atoms with Gasteiger partial charge in [-0.15, -0.1) is 0 Å². The molecule has 1 amide bonds. The molecule has 1 fully saturated rings. The quantitative estimate of drug-likeness (QED) is 0.673. The zero-order valence-electron chi connectivity index (χ0n) is 14.8. The number of hydrogen-bond acceptors (Lipinski definition) is 4. The van der Waals surface area contributed by atoms with E-state index in [9.17, 15) is 4.79 Å². The number of nitrogens with one attached hydrogen (secondary N) is 2. The van der Waals surface area contributed by atoms with E-state index in [0.29, 0.717) is 29.8 Å². The van der Waals surface area contributed by atoms with Crippen LogP contribution >= 0.6 is 11.6 Å². The number of hydrogen-bond donors (Lipinski definition) is 2. The second kappa shape index (κ2) is 7.40. The van der Waals surface area contributed by atoms with E-state index in [0.717, 1.165) is 29.3 Å². The average Bonchev–Trinajstić information content (AvgIpc) is 3.13. The minimum atomic E-state index is -0.0159. The van der Waals surface area contributed by atoms with E-state index in [4.69, 9.17) is 11.6 Å². The maximum Gasteiger partial charge on any atom is 0.245 e. The normalized spacial score (nSPS) is 15.1. The van der Waals surface area contributed by atoms with Crippen molar-refractivity contribution in [2.24, 2.45) is 0 Å². The van der Waals surface area contributed by atoms with Crippen molar-refractivity contribution in [2.45, 2.75) is 18.9 Å². The van der Waals surface area contributed by atoms with Crippen LogP contribution in [0, 0.1) is 0 Å². The Morgan fingerprint density at radius 2 is 2.11 bits per heavy atom. The number of piperidine rings is 1. The van der Waals surface area contributed by atoms with Crippen LogP contribution in [-0.2, 0) is 4.79 Å². The van der Waals surface area contributed by atoms with Gasteiger partial charge in [-0.2, -0.15) is 0 Å². The second-order valence-corrected chi connectivity index (χ2v) is 6.99. The minimum absolute atomic E-state index is 0.0159. The Balaban J connectivity index is 1.53. The molecule has 0 bridgehead atoms. The van der Waals surface area contributed by atoms with Crippen LogP contribution in [0.3, 0.4) is 0 Å². The lowest BCUT2D eigenvalue weighted by Crippen LogP contribution is -2.41. The highest BCUT2D eigenvalue weighted by Gasteiger charge is 2.22. The first kappa shape index (κ1) is 17.5. The second-order valence-electron chi connectivity index (χ2n) is 6.59. The number of fused-ring (bicyclic) bond motifs is 1. The van der Waals surface area contributed by atoms with Gasteiger partial charge in [0.2, 0.25) is 11.9 Å². The van der Waals surface area contributed by atoms with E-state index >= 15 is 0 Å². The molecule has 6 nitrogen and oxygen atoms in total. The number of aromatic nitrogens is 3. The van der Waals surface area contributed by atoms with Gasteiger partial charge in [0, 0.05) is 41.8 Å². The third kappa shape index (κ3) is 3.53. The number of aromatic amines is 1. The highest BCUT2D eigenvalue weighted by Crippen LogP contribution is 2.32. The summed E-state index contributed by atoms with van der Waals surface area (Å²) in [6, 6.07) is 8.26. The van der Waals surface area contributed by atoms with Crippen LogP contribution in [0.1, 0.15) is 12.8 Å². The molecular formula is C20H20ClN5O. The van der Waals surface area contributed by atoms with Crippen LogP contribution in [0.15, 0.2) is 49.3 Å². The monoisotopic (exact) mass is 381 g/mol. The van der Waals surface area contributed by atoms with Crippen molar-refractivity contribution in [3.05, 3.63) is 54.3 Å². The summed E-state index contributed by atoms with van der Waals surface area (Å²) in [6.45, 7) is 4.94. The smallest absolute Gasteiger partial charge is 0.245 e. The summed E-state index contributed by atoms with van der Waals surface area (Å²) < 4.78 is 0. The summed E-state index contributed by atoms with van der Waals surface area (Å²) in [5.74, 6) is 0.533. The van der Waals surface area contributed by atoms with Gasteiger partial charge in [-0.25, -0.2) is 9.97 Å². The molecule has 1 aliphatic heterocycles. The van der Waals surface area contributed by atoms with Gasteiger partial charge >= 0.3 is 0 Å². The van der Waals surface area contributed by atoms with E-state index in [2.05, 4.69) is 26.8 Å². The number of likely N-dealkylation sites (tertiary alicyclic amines) is 1. The third-order valence-corrected chi connectivity index (χ3v) is 5.18. The zero-order valence-corrected chi connectivity index (χ0v) is 15.5. The summed E-state index contributed by atoms with van der Waals surface area (Å²) in [5, 5.41) is 4.96. The number of anilines is 1. The molecule has 1 aromatic carbocycles. The van der Waals surface area contributed by atoms with Gasteiger partial charge in [-0.3, -0.25) is 4.79 Å². The van der Waals surface area contributed by atoms with E-state index in [1.165, 1.54) is 6.08 Å². The molecule has 27 heavy (non-hydrogen) atoms. The molecule has 1 aliphatic rings. The molecule has 4 rings (SSSR count). The van der Waals surface area contributed by atoms with E-state index < -0.39 is 0 Å². The number of para-hydroxylation sites is 1. The van der Waals surface area contributed by atoms with Crippen molar-refractivity contribution < 1.29 is 4.79 Å². The Morgan fingerprint density at radius 1 is 1.33 bits per heavy atom. The lowest BCUT2D eigenvalue weighted by molar-refractivity contribution is -0.126. The number of H-pyrrole nitrogens is 1. The molecule has 3 aromatic rings. The number of carbonyl (C=O) groups excluding carboxylic acids is 1. The van der Waals surface area contributed by atoms with Crippen molar-refractivity contribution in [3.63, 3.8) is 0 Å². The van der Waals surface area contributed by atoms with Crippen molar-refractivity contribution in [3.8, 4) is 11.3 Å². The van der Waals surface area contributed by atoms with Crippen LogP contribution in [0.2, 0.25) is 5.02 Å². The highest BCUT2D eigenvalue weighted by atomic mass is 35.5. The largest absolute Gasteiger partial charge is 0.360 e. The van der Waals surface area contributed by atoms with Gasteiger partial charge < -0.3 is 15.2 Å². The standard InChI is InChI=1S/C20H20ClN5O/c1-2-18(27)26-9-7-13(8-10-26)24-20-23-12-16(21)19(25-20)15-11-22-17-6-4-3-5-14(15)17/h2-6,11-13,22H,1,7-10H2,(H,23,24,25). The Bertz CT molecular complexity index is 991. The molecule has 7 heteroatoms. The van der Waals surface area contributed by atoms with Gasteiger partial charge in [0.25, 0.3) is 0 Å². The van der Waals surface area contributed by atoms with Gasteiger partial charge in [-0.1, -0.05) is 36.4 Å². The van der Waals surface area contributed by atoms with Gasteiger partial charge in [0.15, 0.2) is 0 Å². The van der Waals surface area contributed by atoms with E-state index in [-0.39, 0.29) is 11.9 Å². The SMILES string of the molecule is C=CC(=O)N1CCC(Nc2ncc(Cl)c(-c3c[nH]c4ccccc34)n2)CC1. The molecule has 0 atom stereocenters. The summed E-state index contributed by atoms with van der Waals surface area (Å²) in [7, 11) is 0. The molecule has 138 valence electrons. The molecule has 0 radical (unpaired) electrons. The molecule has 0 aliphatic carbocycles. The fraction of sp³-hybridized carbons (Fsp3) is 0.250. The van der Waals surface area contributed by atoms with Gasteiger partial charge in [0.1, 0.15) is 0 Å². The Kier molecular flexibility index (Phi) is 4.81.